The van der Waals surface area contributed by atoms with Crippen molar-refractivity contribution in [2.45, 2.75) is 44.1 Å². The summed E-state index contributed by atoms with van der Waals surface area (Å²) in [5.41, 5.74) is 2.67. The van der Waals surface area contributed by atoms with Crippen molar-refractivity contribution in [1.82, 2.24) is 10.7 Å². The molecule has 2 N–H and O–H groups in total. The number of hydrogen-bond acceptors (Lipinski definition) is 3. The number of hydrazone groups is 1. The number of rotatable bonds is 3. The summed E-state index contributed by atoms with van der Waals surface area (Å²) in [7, 11) is 0. The maximum Gasteiger partial charge on any atom is 0.335 e. The van der Waals surface area contributed by atoms with Gasteiger partial charge in [-0.25, -0.2) is 10.2 Å². The Kier molecular flexibility index (Phi) is 3.77. The van der Waals surface area contributed by atoms with E-state index in [0.717, 1.165) is 46.4 Å². The van der Waals surface area contributed by atoms with E-state index in [1.54, 1.807) is 17.6 Å². The van der Waals surface area contributed by atoms with Crippen LogP contribution in [-0.4, -0.2) is 17.8 Å². The molecule has 4 aliphatic rings. The zero-order chi connectivity index (χ0) is 15.2. The number of halogens is 1. The van der Waals surface area contributed by atoms with Crippen LogP contribution in [0, 0.1) is 17.8 Å². The second-order valence-electron chi connectivity index (χ2n) is 7.19. The van der Waals surface area contributed by atoms with Gasteiger partial charge in [-0.1, -0.05) is 0 Å². The largest absolute Gasteiger partial charge is 0.335 e. The molecule has 0 radical (unpaired) electrons. The van der Waals surface area contributed by atoms with Crippen LogP contribution in [0.2, 0.25) is 0 Å². The van der Waals surface area contributed by atoms with Crippen LogP contribution in [0.5, 0.6) is 0 Å². The molecule has 2 amide bonds. The summed E-state index contributed by atoms with van der Waals surface area (Å²) >= 11 is 4.99. The van der Waals surface area contributed by atoms with Crippen LogP contribution in [-0.2, 0) is 0 Å². The highest BCUT2D eigenvalue weighted by molar-refractivity contribution is 9.10. The van der Waals surface area contributed by atoms with Gasteiger partial charge in [0.2, 0.25) is 0 Å². The monoisotopic (exact) mass is 381 g/mol. The molecule has 5 rings (SSSR count). The lowest BCUT2D eigenvalue weighted by Gasteiger charge is -2.56. The highest BCUT2D eigenvalue weighted by atomic mass is 79.9. The Balaban J connectivity index is 1.35. The molecule has 4 nitrogen and oxygen atoms in total. The van der Waals surface area contributed by atoms with E-state index >= 15 is 0 Å². The molecule has 1 heterocycles. The summed E-state index contributed by atoms with van der Waals surface area (Å²) in [6.45, 7) is 0. The summed E-state index contributed by atoms with van der Waals surface area (Å²) in [6.07, 6.45) is 9.32. The van der Waals surface area contributed by atoms with Crippen LogP contribution in [0.4, 0.5) is 4.79 Å². The summed E-state index contributed by atoms with van der Waals surface area (Å²) in [5.74, 6) is 2.50. The third kappa shape index (κ3) is 2.95. The van der Waals surface area contributed by atoms with E-state index in [-0.39, 0.29) is 11.6 Å². The molecule has 0 aromatic carbocycles. The molecule has 0 unspecified atom stereocenters. The molecule has 22 heavy (non-hydrogen) atoms. The fourth-order valence-electron chi connectivity index (χ4n) is 5.08. The van der Waals surface area contributed by atoms with Crippen LogP contribution in [0.15, 0.2) is 21.0 Å². The van der Waals surface area contributed by atoms with Crippen LogP contribution >= 0.6 is 27.3 Å². The van der Waals surface area contributed by atoms with E-state index in [2.05, 4.69) is 31.8 Å². The molecule has 0 spiro atoms. The molecule has 0 saturated heterocycles. The van der Waals surface area contributed by atoms with Gasteiger partial charge in [-0.15, -0.1) is 11.3 Å². The van der Waals surface area contributed by atoms with E-state index in [9.17, 15) is 4.79 Å². The van der Waals surface area contributed by atoms with Crippen molar-refractivity contribution in [1.29, 1.82) is 0 Å². The summed E-state index contributed by atoms with van der Waals surface area (Å²) in [4.78, 5) is 13.2. The van der Waals surface area contributed by atoms with Crippen LogP contribution in [0.25, 0.3) is 0 Å². The molecule has 4 saturated carbocycles. The number of nitrogens with one attached hydrogen (secondary N) is 2. The summed E-state index contributed by atoms with van der Waals surface area (Å²) in [5, 5.41) is 9.30. The average Bonchev–Trinajstić information content (AvgIpc) is 2.82. The van der Waals surface area contributed by atoms with Crippen LogP contribution in [0.1, 0.15) is 43.4 Å². The number of thiophene rings is 1. The number of carbonyl (C=O) groups excluding carboxylic acids is 1. The van der Waals surface area contributed by atoms with Gasteiger partial charge in [0.05, 0.1) is 6.21 Å². The van der Waals surface area contributed by atoms with Crippen LogP contribution < -0.4 is 10.7 Å². The second kappa shape index (κ2) is 5.64. The molecule has 0 aliphatic heterocycles. The van der Waals surface area contributed by atoms with Crippen molar-refractivity contribution in [3.63, 3.8) is 0 Å². The zero-order valence-corrected chi connectivity index (χ0v) is 14.8. The standard InChI is InChI=1S/C16H20BrN3OS/c17-13-4-14(22-9-13)8-18-20-15(21)19-16-5-10-1-11(6-16)3-12(2-10)7-16/h4,8-12H,1-3,5-7H2,(H2,19,20,21). The summed E-state index contributed by atoms with van der Waals surface area (Å²) < 4.78 is 1.04. The lowest BCUT2D eigenvalue weighted by atomic mass is 9.53. The van der Waals surface area contributed by atoms with Gasteiger partial charge in [0.15, 0.2) is 0 Å². The molecule has 4 aliphatic carbocycles. The number of nitrogens with zero attached hydrogens (tertiary/aromatic N) is 1. The van der Waals surface area contributed by atoms with Crippen molar-refractivity contribution in [3.05, 3.63) is 20.8 Å². The van der Waals surface area contributed by atoms with Crippen molar-refractivity contribution in [2.24, 2.45) is 22.9 Å². The second-order valence-corrected chi connectivity index (χ2v) is 9.05. The highest BCUT2D eigenvalue weighted by Gasteiger charge is 2.51. The average molecular weight is 382 g/mol. The Labute approximate surface area is 142 Å². The number of carbonyl (C=O) groups is 1. The lowest BCUT2D eigenvalue weighted by Crippen LogP contribution is -2.61. The zero-order valence-electron chi connectivity index (χ0n) is 12.3. The topological polar surface area (TPSA) is 53.5 Å². The predicted octanol–water partition coefficient (Wildman–Crippen LogP) is 4.11. The Bertz CT molecular complexity index is 577. The molecule has 1 aromatic heterocycles. The van der Waals surface area contributed by atoms with Gasteiger partial charge < -0.3 is 5.32 Å². The van der Waals surface area contributed by atoms with E-state index in [1.807, 2.05) is 11.4 Å². The van der Waals surface area contributed by atoms with Gasteiger partial charge in [-0.05, 0) is 78.3 Å². The number of amides is 2. The quantitative estimate of drug-likeness (QED) is 0.600. The first-order chi connectivity index (χ1) is 10.6. The fourth-order valence-corrected chi connectivity index (χ4v) is 6.39. The number of hydrogen-bond donors (Lipinski definition) is 2. The van der Waals surface area contributed by atoms with Gasteiger partial charge in [-0.3, -0.25) is 0 Å². The summed E-state index contributed by atoms with van der Waals surface area (Å²) in [6, 6.07) is 1.82. The Hall–Kier alpha value is -0.880. The van der Waals surface area contributed by atoms with Crippen LogP contribution in [0.3, 0.4) is 0 Å². The molecular formula is C16H20BrN3OS. The Morgan fingerprint density at radius 1 is 1.27 bits per heavy atom. The first kappa shape index (κ1) is 14.7. The normalized spacial score (nSPS) is 36.0. The van der Waals surface area contributed by atoms with Crippen molar-refractivity contribution in [3.8, 4) is 0 Å². The van der Waals surface area contributed by atoms with E-state index < -0.39 is 0 Å². The van der Waals surface area contributed by atoms with Gasteiger partial charge in [0, 0.05) is 20.3 Å². The molecule has 0 atom stereocenters. The van der Waals surface area contributed by atoms with Gasteiger partial charge >= 0.3 is 6.03 Å². The molecular weight excluding hydrogens is 362 g/mol. The van der Waals surface area contributed by atoms with Gasteiger partial charge in [-0.2, -0.15) is 5.10 Å². The SMILES string of the molecule is O=C(NN=Cc1cc(Br)cs1)NC12CC3CC(CC(C3)C1)C2. The van der Waals surface area contributed by atoms with Crippen molar-refractivity contribution < 1.29 is 4.79 Å². The van der Waals surface area contributed by atoms with Gasteiger partial charge in [0.25, 0.3) is 0 Å². The highest BCUT2D eigenvalue weighted by Crippen LogP contribution is 2.55. The first-order valence-corrected chi connectivity index (χ1v) is 9.63. The Morgan fingerprint density at radius 3 is 2.45 bits per heavy atom. The minimum Gasteiger partial charge on any atom is -0.331 e. The maximum atomic E-state index is 12.2. The van der Waals surface area contributed by atoms with Crippen molar-refractivity contribution in [2.75, 3.05) is 0 Å². The van der Waals surface area contributed by atoms with E-state index in [0.29, 0.717) is 0 Å². The Morgan fingerprint density at radius 2 is 1.91 bits per heavy atom. The molecule has 6 heteroatoms. The van der Waals surface area contributed by atoms with E-state index in [1.165, 1.54) is 19.3 Å². The number of urea groups is 1. The minimum absolute atomic E-state index is 0.0420. The molecule has 118 valence electrons. The maximum absolute atomic E-state index is 12.2. The molecule has 1 aromatic rings. The third-order valence-corrected chi connectivity index (χ3v) is 6.99. The smallest absolute Gasteiger partial charge is 0.331 e. The first-order valence-electron chi connectivity index (χ1n) is 7.95. The lowest BCUT2D eigenvalue weighted by molar-refractivity contribution is -0.0135. The predicted molar refractivity (Wildman–Crippen MR) is 92.2 cm³/mol. The molecule has 4 bridgehead atoms. The third-order valence-electron chi connectivity index (χ3n) is 5.36. The van der Waals surface area contributed by atoms with E-state index in [4.69, 9.17) is 0 Å². The van der Waals surface area contributed by atoms with Gasteiger partial charge in [0.1, 0.15) is 0 Å². The molecule has 4 fully saturated rings. The van der Waals surface area contributed by atoms with Crippen molar-refractivity contribution >= 4 is 39.5 Å². The minimum atomic E-state index is -0.158. The fraction of sp³-hybridized carbons (Fsp3) is 0.625.